The van der Waals surface area contributed by atoms with Gasteiger partial charge in [-0.05, 0) is 57.8 Å². The van der Waals surface area contributed by atoms with Gasteiger partial charge in [0.15, 0.2) is 6.29 Å². The van der Waals surface area contributed by atoms with E-state index in [1.165, 1.54) is 186 Å². The van der Waals surface area contributed by atoms with Gasteiger partial charge in [-0.25, -0.2) is 0 Å². The van der Waals surface area contributed by atoms with Gasteiger partial charge in [0.25, 0.3) is 0 Å². The molecule has 1 saturated heterocycles. The summed E-state index contributed by atoms with van der Waals surface area (Å²) in [4.78, 5) is 13.0. The molecule has 9 nitrogen and oxygen atoms in total. The summed E-state index contributed by atoms with van der Waals surface area (Å²) in [6.45, 7) is 3.73. The lowest BCUT2D eigenvalue weighted by atomic mass is 9.99. The van der Waals surface area contributed by atoms with Crippen molar-refractivity contribution in [2.75, 3.05) is 13.2 Å². The summed E-state index contributed by atoms with van der Waals surface area (Å²) in [5.74, 6) is -0.187. The Balaban J connectivity index is 2.13. The van der Waals surface area contributed by atoms with Crippen LogP contribution >= 0.6 is 0 Å². The van der Waals surface area contributed by atoms with Crippen molar-refractivity contribution >= 4 is 5.91 Å². The van der Waals surface area contributed by atoms with E-state index in [9.17, 15) is 30.3 Å². The number of hydrogen-bond donors (Lipinski definition) is 6. The van der Waals surface area contributed by atoms with Crippen molar-refractivity contribution in [3.63, 3.8) is 0 Å². The molecule has 0 radical (unpaired) electrons. The highest BCUT2D eigenvalue weighted by molar-refractivity contribution is 5.76. The first kappa shape index (κ1) is 59.4. The molecule has 1 aliphatic heterocycles. The zero-order valence-electron chi connectivity index (χ0n) is 40.8. The third kappa shape index (κ3) is 34.4. The zero-order chi connectivity index (χ0) is 45.9. The maximum Gasteiger partial charge on any atom is 0.220 e. The normalized spacial score (nSPS) is 20.4. The van der Waals surface area contributed by atoms with Gasteiger partial charge in [-0.1, -0.05) is 217 Å². The fourth-order valence-electron chi connectivity index (χ4n) is 8.40. The minimum absolute atomic E-state index is 0.187. The highest BCUT2D eigenvalue weighted by atomic mass is 16.7. The number of nitrogens with one attached hydrogen (secondary N) is 1. The molecule has 1 rings (SSSR count). The lowest BCUT2D eigenvalue weighted by Gasteiger charge is -2.40. The standard InChI is InChI=1S/C54H101NO8/c1-3-5-7-9-11-13-15-16-17-18-19-20-21-22-23-24-25-26-27-28-29-30-31-32-33-34-36-38-40-42-44-50(58)55-47(46-62-54-53(61)52(60)51(59)49(45-56)63-54)48(57)43-41-39-37-35-14-12-10-8-6-4-2/h14,22-23,35,41,43,47-49,51-54,56-57,59-61H,3-13,15-21,24-34,36-40,42,44-46H2,1-2H3,(H,55,58)/b23-22-,35-14+,43-41+. The first-order valence-electron chi connectivity index (χ1n) is 26.7. The minimum atomic E-state index is -1.57. The first-order chi connectivity index (χ1) is 30.8. The molecule has 1 heterocycles. The predicted molar refractivity (Wildman–Crippen MR) is 263 cm³/mol. The fraction of sp³-hybridized carbons (Fsp3) is 0.870. The number of amides is 1. The van der Waals surface area contributed by atoms with E-state index in [0.717, 1.165) is 38.5 Å². The van der Waals surface area contributed by atoms with Crippen LogP contribution in [0.15, 0.2) is 36.5 Å². The Labute approximate surface area is 387 Å². The molecule has 1 amide bonds. The predicted octanol–water partition coefficient (Wildman–Crippen LogP) is 12.4. The van der Waals surface area contributed by atoms with E-state index in [-0.39, 0.29) is 12.5 Å². The number of rotatable bonds is 45. The van der Waals surface area contributed by atoms with Crippen molar-refractivity contribution in [3.05, 3.63) is 36.5 Å². The van der Waals surface area contributed by atoms with Crippen LogP contribution in [-0.4, -0.2) is 87.5 Å². The highest BCUT2D eigenvalue weighted by Crippen LogP contribution is 2.23. The monoisotopic (exact) mass is 892 g/mol. The molecule has 1 aliphatic rings. The van der Waals surface area contributed by atoms with E-state index < -0.39 is 49.5 Å². The second-order valence-corrected chi connectivity index (χ2v) is 18.7. The molecule has 370 valence electrons. The van der Waals surface area contributed by atoms with Crippen molar-refractivity contribution in [2.45, 2.75) is 288 Å². The number of carbonyl (C=O) groups is 1. The average Bonchev–Trinajstić information content (AvgIpc) is 3.28. The van der Waals surface area contributed by atoms with E-state index in [1.807, 2.05) is 6.08 Å². The molecule has 0 aromatic heterocycles. The molecule has 7 unspecified atom stereocenters. The van der Waals surface area contributed by atoms with Crippen LogP contribution in [0, 0.1) is 0 Å². The van der Waals surface area contributed by atoms with Gasteiger partial charge >= 0.3 is 0 Å². The molecule has 6 N–H and O–H groups in total. The SMILES string of the molecule is CCCCCC/C=C/CC/C=C/C(O)C(COC1OC(CO)C(O)C(O)C1O)NC(=O)CCCCCCCCCCCCCCCC/C=C\CCCCCCCCCCCCCC. The van der Waals surface area contributed by atoms with Crippen LogP contribution in [0.5, 0.6) is 0 Å². The molecule has 0 aromatic rings. The Morgan fingerprint density at radius 1 is 0.524 bits per heavy atom. The van der Waals surface area contributed by atoms with Gasteiger partial charge in [-0.3, -0.25) is 4.79 Å². The lowest BCUT2D eigenvalue weighted by molar-refractivity contribution is -0.302. The van der Waals surface area contributed by atoms with Crippen LogP contribution in [0.4, 0.5) is 0 Å². The molecular formula is C54H101NO8. The molecule has 1 fully saturated rings. The van der Waals surface area contributed by atoms with Crippen LogP contribution in [0.2, 0.25) is 0 Å². The number of carbonyl (C=O) groups excluding carboxylic acids is 1. The third-order valence-electron chi connectivity index (χ3n) is 12.7. The van der Waals surface area contributed by atoms with Gasteiger partial charge in [0.2, 0.25) is 5.91 Å². The smallest absolute Gasteiger partial charge is 0.220 e. The topological polar surface area (TPSA) is 149 Å². The summed E-state index contributed by atoms with van der Waals surface area (Å²) in [5.41, 5.74) is 0. The Morgan fingerprint density at radius 2 is 0.905 bits per heavy atom. The van der Waals surface area contributed by atoms with Gasteiger partial charge in [0.05, 0.1) is 25.4 Å². The van der Waals surface area contributed by atoms with Crippen molar-refractivity contribution in [2.24, 2.45) is 0 Å². The second-order valence-electron chi connectivity index (χ2n) is 18.7. The number of ether oxygens (including phenoxy) is 2. The summed E-state index contributed by atoms with van der Waals surface area (Å²) in [6, 6.07) is -0.818. The summed E-state index contributed by atoms with van der Waals surface area (Å²) in [5, 5.41) is 54.1. The largest absolute Gasteiger partial charge is 0.394 e. The van der Waals surface area contributed by atoms with Crippen LogP contribution in [0.25, 0.3) is 0 Å². The molecule has 0 spiro atoms. The molecule has 7 atom stereocenters. The number of unbranched alkanes of at least 4 members (excludes halogenated alkanes) is 31. The number of aliphatic hydroxyl groups is 5. The Hall–Kier alpha value is -1.59. The third-order valence-corrected chi connectivity index (χ3v) is 12.7. The molecule has 0 aliphatic carbocycles. The summed E-state index contributed by atoms with van der Waals surface area (Å²) >= 11 is 0. The van der Waals surface area contributed by atoms with Crippen molar-refractivity contribution < 1.29 is 39.8 Å². The van der Waals surface area contributed by atoms with Crippen LogP contribution in [0.3, 0.4) is 0 Å². The van der Waals surface area contributed by atoms with E-state index in [2.05, 4.69) is 43.5 Å². The van der Waals surface area contributed by atoms with E-state index in [1.54, 1.807) is 6.08 Å². The lowest BCUT2D eigenvalue weighted by Crippen LogP contribution is -2.60. The van der Waals surface area contributed by atoms with Crippen molar-refractivity contribution in [1.82, 2.24) is 5.32 Å². The van der Waals surface area contributed by atoms with E-state index in [0.29, 0.717) is 6.42 Å². The van der Waals surface area contributed by atoms with Gasteiger partial charge < -0.3 is 40.3 Å². The van der Waals surface area contributed by atoms with Gasteiger partial charge in [0.1, 0.15) is 24.4 Å². The fourth-order valence-corrected chi connectivity index (χ4v) is 8.40. The molecular weight excluding hydrogens is 791 g/mol. The summed E-state index contributed by atoms with van der Waals surface area (Å²) in [7, 11) is 0. The summed E-state index contributed by atoms with van der Waals surface area (Å²) in [6.07, 6.45) is 49.5. The van der Waals surface area contributed by atoms with Gasteiger partial charge in [-0.15, -0.1) is 0 Å². The average molecular weight is 892 g/mol. The van der Waals surface area contributed by atoms with Crippen LogP contribution in [-0.2, 0) is 14.3 Å². The Morgan fingerprint density at radius 3 is 1.35 bits per heavy atom. The van der Waals surface area contributed by atoms with Crippen molar-refractivity contribution in [3.8, 4) is 0 Å². The Bertz CT molecular complexity index is 1080. The van der Waals surface area contributed by atoms with Crippen LogP contribution in [0.1, 0.15) is 245 Å². The Kier molecular flexibility index (Phi) is 41.7. The maximum absolute atomic E-state index is 13.0. The molecule has 0 saturated carbocycles. The maximum atomic E-state index is 13.0. The van der Waals surface area contributed by atoms with Gasteiger partial charge in [-0.2, -0.15) is 0 Å². The second kappa shape index (κ2) is 44.3. The summed E-state index contributed by atoms with van der Waals surface area (Å²) < 4.78 is 11.2. The van der Waals surface area contributed by atoms with Crippen molar-refractivity contribution in [1.29, 1.82) is 0 Å². The van der Waals surface area contributed by atoms with E-state index >= 15 is 0 Å². The molecule has 63 heavy (non-hydrogen) atoms. The minimum Gasteiger partial charge on any atom is -0.394 e. The number of allylic oxidation sites excluding steroid dienone is 5. The zero-order valence-corrected chi connectivity index (χ0v) is 40.8. The molecule has 0 bridgehead atoms. The number of aliphatic hydroxyl groups excluding tert-OH is 5. The first-order valence-corrected chi connectivity index (χ1v) is 26.7. The molecule has 9 heteroatoms. The van der Waals surface area contributed by atoms with Gasteiger partial charge in [0, 0.05) is 6.42 Å². The number of hydrogen-bond acceptors (Lipinski definition) is 8. The van der Waals surface area contributed by atoms with Crippen LogP contribution < -0.4 is 5.32 Å². The highest BCUT2D eigenvalue weighted by Gasteiger charge is 2.44. The quantitative estimate of drug-likeness (QED) is 0.0261. The molecule has 0 aromatic carbocycles. The van der Waals surface area contributed by atoms with E-state index in [4.69, 9.17) is 9.47 Å².